The minimum atomic E-state index is -1.70. The number of hydrogen-bond donors (Lipinski definition) is 2. The third-order valence-corrected chi connectivity index (χ3v) is 3.48. The van der Waals surface area contributed by atoms with Gasteiger partial charge in [-0.15, -0.1) is 0 Å². The Morgan fingerprint density at radius 2 is 2.05 bits per heavy atom. The van der Waals surface area contributed by atoms with E-state index in [4.69, 9.17) is 5.11 Å². The first-order chi connectivity index (χ1) is 9.42. The number of phenols is 1. The Morgan fingerprint density at radius 3 is 2.60 bits per heavy atom. The summed E-state index contributed by atoms with van der Waals surface area (Å²) in [5.41, 5.74) is -0.713. The fourth-order valence-corrected chi connectivity index (χ4v) is 2.34. The predicted octanol–water partition coefficient (Wildman–Crippen LogP) is 3.35. The Hall–Kier alpha value is -1.24. The molecule has 0 fully saturated rings. The molecule has 7 heteroatoms. The molecule has 1 aromatic carbocycles. The second-order valence-electron chi connectivity index (χ2n) is 4.34. The van der Waals surface area contributed by atoms with Crippen molar-refractivity contribution in [1.82, 2.24) is 5.32 Å². The Bertz CT molecular complexity index is 497. The molecule has 0 aliphatic heterocycles. The van der Waals surface area contributed by atoms with Crippen molar-refractivity contribution >= 4 is 21.8 Å². The molecule has 0 saturated carbocycles. The maximum absolute atomic E-state index is 13.5. The highest BCUT2D eigenvalue weighted by molar-refractivity contribution is 9.09. The van der Waals surface area contributed by atoms with E-state index >= 15 is 0 Å². The number of rotatable bonds is 6. The zero-order valence-corrected chi connectivity index (χ0v) is 12.4. The average Bonchev–Trinajstić information content (AvgIpc) is 2.44. The van der Waals surface area contributed by atoms with Crippen molar-refractivity contribution in [2.75, 3.05) is 11.9 Å². The van der Waals surface area contributed by atoms with Gasteiger partial charge >= 0.3 is 0 Å². The summed E-state index contributed by atoms with van der Waals surface area (Å²) >= 11 is 3.28. The molecule has 1 amide bonds. The van der Waals surface area contributed by atoms with Crippen LogP contribution in [0.4, 0.5) is 13.2 Å². The van der Waals surface area contributed by atoms with Gasteiger partial charge in [0.05, 0.1) is 5.56 Å². The second-order valence-corrected chi connectivity index (χ2v) is 5.14. The normalized spacial score (nSPS) is 12.2. The monoisotopic (exact) mass is 353 g/mol. The van der Waals surface area contributed by atoms with E-state index in [2.05, 4.69) is 21.2 Å². The maximum atomic E-state index is 13.5. The molecule has 3 nitrogen and oxygen atoms in total. The molecule has 0 bridgehead atoms. The zero-order valence-electron chi connectivity index (χ0n) is 10.9. The lowest BCUT2D eigenvalue weighted by Crippen LogP contribution is -2.30. The Morgan fingerprint density at radius 1 is 1.40 bits per heavy atom. The number of carbonyl (C=O) groups is 1. The van der Waals surface area contributed by atoms with Crippen LogP contribution in [0, 0.1) is 23.4 Å². The third-order valence-electron chi connectivity index (χ3n) is 3.02. The van der Waals surface area contributed by atoms with Crippen molar-refractivity contribution < 1.29 is 23.1 Å². The Balaban J connectivity index is 2.83. The van der Waals surface area contributed by atoms with Gasteiger partial charge in [-0.2, -0.15) is 4.39 Å². The highest BCUT2D eigenvalue weighted by Gasteiger charge is 2.22. The summed E-state index contributed by atoms with van der Waals surface area (Å²) in [5, 5.41) is 12.3. The molecule has 0 spiro atoms. The molecule has 1 atom stereocenters. The molecule has 1 rings (SSSR count). The summed E-state index contributed by atoms with van der Waals surface area (Å²) in [7, 11) is 0. The maximum Gasteiger partial charge on any atom is 0.254 e. The lowest BCUT2D eigenvalue weighted by molar-refractivity contribution is 0.0940. The minimum absolute atomic E-state index is 0.195. The van der Waals surface area contributed by atoms with E-state index in [1.54, 1.807) is 0 Å². The quantitative estimate of drug-likeness (QED) is 0.608. The zero-order chi connectivity index (χ0) is 15.3. The molecule has 0 aliphatic rings. The van der Waals surface area contributed by atoms with Crippen LogP contribution in [0.2, 0.25) is 0 Å². The number of carbonyl (C=O) groups excluding carboxylic acids is 1. The average molecular weight is 354 g/mol. The lowest BCUT2D eigenvalue weighted by Gasteiger charge is -2.14. The van der Waals surface area contributed by atoms with Gasteiger partial charge in [-0.1, -0.05) is 29.3 Å². The molecule has 1 aromatic rings. The van der Waals surface area contributed by atoms with Gasteiger partial charge in [-0.05, 0) is 18.4 Å². The van der Waals surface area contributed by atoms with E-state index in [-0.39, 0.29) is 5.92 Å². The van der Waals surface area contributed by atoms with Gasteiger partial charge in [0.25, 0.3) is 5.91 Å². The number of halogens is 4. The van der Waals surface area contributed by atoms with Crippen LogP contribution in [0.5, 0.6) is 5.75 Å². The van der Waals surface area contributed by atoms with Gasteiger partial charge in [0.2, 0.25) is 5.82 Å². The standard InChI is InChI=1S/C13H15BrF3NO2/c1-2-7(3-4-14)6-18-13(20)8-5-9(15)11(17)12(19)10(8)16/h5,7,19H,2-4,6H2,1H3,(H,18,20). The molecular weight excluding hydrogens is 339 g/mol. The third kappa shape index (κ3) is 3.88. The second kappa shape index (κ2) is 7.52. The lowest BCUT2D eigenvalue weighted by atomic mass is 10.0. The predicted molar refractivity (Wildman–Crippen MR) is 72.5 cm³/mol. The van der Waals surface area contributed by atoms with Crippen LogP contribution < -0.4 is 5.32 Å². The molecule has 0 saturated heterocycles. The fourth-order valence-electron chi connectivity index (χ4n) is 1.69. The summed E-state index contributed by atoms with van der Waals surface area (Å²) < 4.78 is 39.5. The van der Waals surface area contributed by atoms with Crippen molar-refractivity contribution in [2.45, 2.75) is 19.8 Å². The molecule has 2 N–H and O–H groups in total. The Labute approximate surface area is 123 Å². The number of phenolic OH excluding ortho intramolecular Hbond substituents is 1. The van der Waals surface area contributed by atoms with Crippen molar-refractivity contribution in [2.24, 2.45) is 5.92 Å². The van der Waals surface area contributed by atoms with Crippen molar-refractivity contribution in [3.63, 3.8) is 0 Å². The van der Waals surface area contributed by atoms with E-state index in [0.717, 1.165) is 18.2 Å². The molecule has 0 aromatic heterocycles. The summed E-state index contributed by atoms with van der Waals surface area (Å²) in [6, 6.07) is 0.436. The first-order valence-electron chi connectivity index (χ1n) is 6.12. The van der Waals surface area contributed by atoms with Crippen molar-refractivity contribution in [3.05, 3.63) is 29.1 Å². The summed E-state index contributed by atoms with van der Waals surface area (Å²) in [4.78, 5) is 11.7. The number of hydrogen-bond acceptors (Lipinski definition) is 2. The van der Waals surface area contributed by atoms with Crippen LogP contribution in [0.3, 0.4) is 0 Å². The molecular formula is C13H15BrF3NO2. The van der Waals surface area contributed by atoms with Crippen LogP contribution in [0.15, 0.2) is 6.07 Å². The van der Waals surface area contributed by atoms with Crippen LogP contribution in [0.1, 0.15) is 30.1 Å². The van der Waals surface area contributed by atoms with Gasteiger partial charge in [0.1, 0.15) is 0 Å². The minimum Gasteiger partial charge on any atom is -0.503 e. The first-order valence-corrected chi connectivity index (χ1v) is 7.25. The summed E-state index contributed by atoms with van der Waals surface area (Å²) in [5.74, 6) is -6.81. The molecule has 0 heterocycles. The van der Waals surface area contributed by atoms with E-state index < -0.39 is 34.7 Å². The topological polar surface area (TPSA) is 49.3 Å². The fraction of sp³-hybridized carbons (Fsp3) is 0.462. The molecule has 0 radical (unpaired) electrons. The van der Waals surface area contributed by atoms with E-state index in [1.807, 2.05) is 6.92 Å². The number of aromatic hydroxyl groups is 1. The number of nitrogens with one attached hydrogen (secondary N) is 1. The van der Waals surface area contributed by atoms with E-state index in [9.17, 15) is 18.0 Å². The first kappa shape index (κ1) is 16.8. The summed E-state index contributed by atoms with van der Waals surface area (Å²) in [6.07, 6.45) is 1.64. The number of alkyl halides is 1. The van der Waals surface area contributed by atoms with Gasteiger partial charge in [0.15, 0.2) is 17.4 Å². The SMILES string of the molecule is CCC(CCBr)CNC(=O)c1cc(F)c(F)c(O)c1F. The molecule has 112 valence electrons. The van der Waals surface area contributed by atoms with Crippen LogP contribution in [-0.4, -0.2) is 22.9 Å². The Kier molecular flexibility index (Phi) is 6.32. The van der Waals surface area contributed by atoms with E-state index in [1.165, 1.54) is 0 Å². The van der Waals surface area contributed by atoms with Gasteiger partial charge in [0, 0.05) is 11.9 Å². The number of amides is 1. The van der Waals surface area contributed by atoms with Gasteiger partial charge in [-0.25, -0.2) is 8.78 Å². The van der Waals surface area contributed by atoms with Crippen LogP contribution >= 0.6 is 15.9 Å². The van der Waals surface area contributed by atoms with Crippen LogP contribution in [0.25, 0.3) is 0 Å². The molecule has 1 unspecified atom stereocenters. The molecule has 0 aliphatic carbocycles. The smallest absolute Gasteiger partial charge is 0.254 e. The van der Waals surface area contributed by atoms with E-state index in [0.29, 0.717) is 12.6 Å². The van der Waals surface area contributed by atoms with Crippen LogP contribution in [-0.2, 0) is 0 Å². The highest BCUT2D eigenvalue weighted by Crippen LogP contribution is 2.25. The van der Waals surface area contributed by atoms with Crippen molar-refractivity contribution in [1.29, 1.82) is 0 Å². The molecule has 20 heavy (non-hydrogen) atoms. The van der Waals surface area contributed by atoms with Gasteiger partial charge < -0.3 is 10.4 Å². The van der Waals surface area contributed by atoms with Crippen molar-refractivity contribution in [3.8, 4) is 5.75 Å². The summed E-state index contributed by atoms with van der Waals surface area (Å²) in [6.45, 7) is 2.24. The largest absolute Gasteiger partial charge is 0.503 e. The highest BCUT2D eigenvalue weighted by atomic mass is 79.9. The van der Waals surface area contributed by atoms with Gasteiger partial charge in [-0.3, -0.25) is 4.79 Å². The number of benzene rings is 1.